The molecule has 1 aromatic carbocycles. The summed E-state index contributed by atoms with van der Waals surface area (Å²) in [7, 11) is 0. The standard InChI is InChI=1S/C16H22O/c1-2-3-7-15-12-14(10-11-16(15)17)13-8-5-4-6-9-13/h2,4-6,8-9,14-17H,1,3,7,10-12H2. The first-order chi connectivity index (χ1) is 8.31. The molecule has 0 spiro atoms. The van der Waals surface area contributed by atoms with Crippen LogP contribution in [0, 0.1) is 5.92 Å². The molecule has 2 rings (SSSR count). The molecule has 1 nitrogen and oxygen atoms in total. The number of aliphatic hydroxyl groups is 1. The van der Waals surface area contributed by atoms with Crippen molar-refractivity contribution in [3.8, 4) is 0 Å². The van der Waals surface area contributed by atoms with Gasteiger partial charge in [0.05, 0.1) is 6.10 Å². The van der Waals surface area contributed by atoms with E-state index < -0.39 is 0 Å². The van der Waals surface area contributed by atoms with Gasteiger partial charge < -0.3 is 5.11 Å². The number of rotatable bonds is 4. The van der Waals surface area contributed by atoms with Gasteiger partial charge in [-0.2, -0.15) is 0 Å². The van der Waals surface area contributed by atoms with E-state index in [9.17, 15) is 5.11 Å². The second-order valence-corrected chi connectivity index (χ2v) is 5.11. The van der Waals surface area contributed by atoms with Gasteiger partial charge in [0.2, 0.25) is 0 Å². The molecule has 3 atom stereocenters. The van der Waals surface area contributed by atoms with Crippen molar-refractivity contribution in [1.29, 1.82) is 0 Å². The Morgan fingerprint density at radius 3 is 2.71 bits per heavy atom. The monoisotopic (exact) mass is 230 g/mol. The SMILES string of the molecule is C=CCCC1CC(c2ccccc2)CCC1O. The van der Waals surface area contributed by atoms with E-state index in [0.29, 0.717) is 11.8 Å². The van der Waals surface area contributed by atoms with Crippen LogP contribution in [0.5, 0.6) is 0 Å². The van der Waals surface area contributed by atoms with Crippen molar-refractivity contribution in [2.75, 3.05) is 0 Å². The van der Waals surface area contributed by atoms with Crippen LogP contribution in [0.25, 0.3) is 0 Å². The average Bonchev–Trinajstić information content (AvgIpc) is 2.39. The molecule has 0 amide bonds. The van der Waals surface area contributed by atoms with Crippen molar-refractivity contribution in [3.05, 3.63) is 48.6 Å². The Morgan fingerprint density at radius 1 is 1.24 bits per heavy atom. The summed E-state index contributed by atoms with van der Waals surface area (Å²) in [5.74, 6) is 1.08. The van der Waals surface area contributed by atoms with Crippen LogP contribution in [-0.4, -0.2) is 11.2 Å². The molecule has 0 aromatic heterocycles. The van der Waals surface area contributed by atoms with Gasteiger partial charge in [-0.3, -0.25) is 0 Å². The number of benzene rings is 1. The van der Waals surface area contributed by atoms with E-state index in [-0.39, 0.29) is 6.10 Å². The Labute approximate surface area is 104 Å². The fraction of sp³-hybridized carbons (Fsp3) is 0.500. The van der Waals surface area contributed by atoms with Crippen LogP contribution in [0.3, 0.4) is 0 Å². The molecule has 1 aliphatic carbocycles. The summed E-state index contributed by atoms with van der Waals surface area (Å²) in [5, 5.41) is 10.0. The molecule has 0 bridgehead atoms. The molecule has 0 heterocycles. The number of allylic oxidation sites excluding steroid dienone is 1. The third kappa shape index (κ3) is 3.19. The van der Waals surface area contributed by atoms with E-state index in [1.807, 2.05) is 6.08 Å². The van der Waals surface area contributed by atoms with Gasteiger partial charge in [-0.25, -0.2) is 0 Å². The Balaban J connectivity index is 2.00. The predicted molar refractivity (Wildman–Crippen MR) is 72.0 cm³/mol. The number of hydrogen-bond acceptors (Lipinski definition) is 1. The zero-order valence-corrected chi connectivity index (χ0v) is 10.4. The maximum Gasteiger partial charge on any atom is 0.0568 e. The molecular weight excluding hydrogens is 208 g/mol. The summed E-state index contributed by atoms with van der Waals surface area (Å²) in [4.78, 5) is 0. The molecule has 1 saturated carbocycles. The Bertz CT molecular complexity index is 344. The van der Waals surface area contributed by atoms with Crippen LogP contribution in [0.15, 0.2) is 43.0 Å². The van der Waals surface area contributed by atoms with Gasteiger partial charge >= 0.3 is 0 Å². The Kier molecular flexibility index (Phi) is 4.38. The van der Waals surface area contributed by atoms with Gasteiger partial charge in [0.1, 0.15) is 0 Å². The van der Waals surface area contributed by atoms with Gasteiger partial charge in [-0.1, -0.05) is 36.4 Å². The normalized spacial score (nSPS) is 28.9. The van der Waals surface area contributed by atoms with E-state index in [2.05, 4.69) is 36.9 Å². The highest BCUT2D eigenvalue weighted by Crippen LogP contribution is 2.38. The van der Waals surface area contributed by atoms with Crippen molar-refractivity contribution in [3.63, 3.8) is 0 Å². The van der Waals surface area contributed by atoms with E-state index in [1.54, 1.807) is 0 Å². The van der Waals surface area contributed by atoms with Crippen LogP contribution in [0.2, 0.25) is 0 Å². The minimum atomic E-state index is -0.102. The molecule has 1 heteroatoms. The van der Waals surface area contributed by atoms with Crippen LogP contribution >= 0.6 is 0 Å². The van der Waals surface area contributed by atoms with Crippen molar-refractivity contribution < 1.29 is 5.11 Å². The molecule has 92 valence electrons. The van der Waals surface area contributed by atoms with E-state index in [0.717, 1.165) is 32.1 Å². The van der Waals surface area contributed by atoms with Gasteiger partial charge in [0.15, 0.2) is 0 Å². The lowest BCUT2D eigenvalue weighted by atomic mass is 9.75. The molecular formula is C16H22O. The summed E-state index contributed by atoms with van der Waals surface area (Å²) in [6.07, 6.45) is 7.14. The third-order valence-electron chi connectivity index (χ3n) is 3.95. The van der Waals surface area contributed by atoms with Crippen molar-refractivity contribution >= 4 is 0 Å². The summed E-state index contributed by atoms with van der Waals surface area (Å²) in [5.41, 5.74) is 1.43. The highest BCUT2D eigenvalue weighted by molar-refractivity contribution is 5.20. The van der Waals surface area contributed by atoms with Crippen molar-refractivity contribution in [1.82, 2.24) is 0 Å². The molecule has 1 aliphatic rings. The first-order valence-electron chi connectivity index (χ1n) is 6.65. The minimum absolute atomic E-state index is 0.102. The largest absolute Gasteiger partial charge is 0.393 e. The smallest absolute Gasteiger partial charge is 0.0568 e. The number of aliphatic hydroxyl groups excluding tert-OH is 1. The highest BCUT2D eigenvalue weighted by Gasteiger charge is 2.29. The quantitative estimate of drug-likeness (QED) is 0.778. The summed E-state index contributed by atoms with van der Waals surface area (Å²) < 4.78 is 0. The van der Waals surface area contributed by atoms with Crippen LogP contribution in [0.1, 0.15) is 43.6 Å². The lowest BCUT2D eigenvalue weighted by molar-refractivity contribution is 0.0579. The van der Waals surface area contributed by atoms with Crippen molar-refractivity contribution in [2.24, 2.45) is 5.92 Å². The fourth-order valence-corrected chi connectivity index (χ4v) is 2.92. The first-order valence-corrected chi connectivity index (χ1v) is 6.65. The predicted octanol–water partition coefficient (Wildman–Crippen LogP) is 3.90. The molecule has 0 aliphatic heterocycles. The van der Waals surface area contributed by atoms with Crippen LogP contribution < -0.4 is 0 Å². The number of hydrogen-bond donors (Lipinski definition) is 1. The van der Waals surface area contributed by atoms with Crippen LogP contribution in [-0.2, 0) is 0 Å². The van der Waals surface area contributed by atoms with Gasteiger partial charge in [0.25, 0.3) is 0 Å². The van der Waals surface area contributed by atoms with Crippen LogP contribution in [0.4, 0.5) is 0 Å². The maximum absolute atomic E-state index is 10.0. The summed E-state index contributed by atoms with van der Waals surface area (Å²) >= 11 is 0. The highest BCUT2D eigenvalue weighted by atomic mass is 16.3. The lowest BCUT2D eigenvalue weighted by Crippen LogP contribution is -2.28. The first kappa shape index (κ1) is 12.4. The topological polar surface area (TPSA) is 20.2 Å². The van der Waals surface area contributed by atoms with Gasteiger partial charge in [0, 0.05) is 0 Å². The van der Waals surface area contributed by atoms with E-state index in [4.69, 9.17) is 0 Å². The Hall–Kier alpha value is -1.08. The molecule has 1 aromatic rings. The van der Waals surface area contributed by atoms with E-state index >= 15 is 0 Å². The Morgan fingerprint density at radius 2 is 2.00 bits per heavy atom. The van der Waals surface area contributed by atoms with E-state index in [1.165, 1.54) is 5.56 Å². The third-order valence-corrected chi connectivity index (χ3v) is 3.95. The summed E-state index contributed by atoms with van der Waals surface area (Å²) in [6.45, 7) is 3.77. The lowest BCUT2D eigenvalue weighted by Gasteiger charge is -2.33. The molecule has 0 radical (unpaired) electrons. The van der Waals surface area contributed by atoms with Crippen molar-refractivity contribution in [2.45, 2.75) is 44.1 Å². The molecule has 3 unspecified atom stereocenters. The molecule has 1 fully saturated rings. The molecule has 17 heavy (non-hydrogen) atoms. The zero-order valence-electron chi connectivity index (χ0n) is 10.4. The summed E-state index contributed by atoms with van der Waals surface area (Å²) in [6, 6.07) is 10.7. The average molecular weight is 230 g/mol. The second-order valence-electron chi connectivity index (χ2n) is 5.11. The van der Waals surface area contributed by atoms with Gasteiger partial charge in [-0.15, -0.1) is 6.58 Å². The zero-order chi connectivity index (χ0) is 12.1. The van der Waals surface area contributed by atoms with Gasteiger partial charge in [-0.05, 0) is 49.5 Å². The molecule has 0 saturated heterocycles. The maximum atomic E-state index is 10.0. The molecule has 1 N–H and O–H groups in total. The fourth-order valence-electron chi connectivity index (χ4n) is 2.92. The minimum Gasteiger partial charge on any atom is -0.393 e. The second kappa shape index (κ2) is 6.02.